The van der Waals surface area contributed by atoms with E-state index in [1.807, 2.05) is 32.1 Å². The maximum Gasteiger partial charge on any atom is 0.259 e. The van der Waals surface area contributed by atoms with Crippen LogP contribution in [0.5, 0.6) is 0 Å². The van der Waals surface area contributed by atoms with Crippen molar-refractivity contribution in [3.63, 3.8) is 0 Å². The van der Waals surface area contributed by atoms with Crippen molar-refractivity contribution in [2.75, 3.05) is 13.2 Å². The number of nitrogens with one attached hydrogen (secondary N) is 1. The first kappa shape index (κ1) is 19.8. The summed E-state index contributed by atoms with van der Waals surface area (Å²) in [5.41, 5.74) is -1.01. The lowest BCUT2D eigenvalue weighted by atomic mass is 9.54. The van der Waals surface area contributed by atoms with Crippen molar-refractivity contribution in [3.8, 4) is 0 Å². The number of Topliss-reactive ketones (excluding diaryl/α,β-unsaturated/α-hetero) is 1. The lowest BCUT2D eigenvalue weighted by molar-refractivity contribution is -0.118. The predicted molar refractivity (Wildman–Crippen MR) is 101 cm³/mol. The highest BCUT2D eigenvalue weighted by Gasteiger charge is 2.53. The number of carbonyl (C=O) groups excluding carboxylic acids is 2. The third-order valence-electron chi connectivity index (χ3n) is 6.72. The molecule has 0 unspecified atom stereocenters. The van der Waals surface area contributed by atoms with E-state index in [2.05, 4.69) is 11.4 Å². The number of carbonyl (C=O) groups is 2. The summed E-state index contributed by atoms with van der Waals surface area (Å²) in [7, 11) is 0. The van der Waals surface area contributed by atoms with E-state index >= 15 is 0 Å². The Morgan fingerprint density at radius 1 is 1.26 bits per heavy atom. The average Bonchev–Trinajstić information content (AvgIpc) is 2.96. The molecule has 1 saturated carbocycles. The number of aliphatic hydroxyl groups is 3. The summed E-state index contributed by atoms with van der Waals surface area (Å²) in [6, 6.07) is -0.988. The summed E-state index contributed by atoms with van der Waals surface area (Å²) in [6.45, 7) is 3.49. The highest BCUT2D eigenvalue weighted by Crippen LogP contribution is 2.56. The molecule has 2 fully saturated rings. The van der Waals surface area contributed by atoms with Crippen LogP contribution in [0.15, 0.2) is 35.6 Å². The smallest absolute Gasteiger partial charge is 0.259 e. The van der Waals surface area contributed by atoms with Gasteiger partial charge in [-0.3, -0.25) is 9.59 Å². The first-order valence-electron chi connectivity index (χ1n) is 9.70. The van der Waals surface area contributed by atoms with E-state index < -0.39 is 29.8 Å². The minimum absolute atomic E-state index is 0.0628. The summed E-state index contributed by atoms with van der Waals surface area (Å²) < 4.78 is 0. The van der Waals surface area contributed by atoms with E-state index in [4.69, 9.17) is 0 Å². The van der Waals surface area contributed by atoms with Crippen LogP contribution in [0.3, 0.4) is 0 Å². The molecular formula is C21H29NO5. The topological polar surface area (TPSA) is 107 Å². The zero-order valence-electron chi connectivity index (χ0n) is 15.9. The first-order valence-corrected chi connectivity index (χ1v) is 9.70. The van der Waals surface area contributed by atoms with Gasteiger partial charge in [-0.05, 0) is 43.9 Å². The van der Waals surface area contributed by atoms with E-state index in [1.54, 1.807) is 0 Å². The molecule has 3 aliphatic rings. The zero-order valence-corrected chi connectivity index (χ0v) is 15.9. The number of fused-ring (bicyclic) bond motifs is 1. The molecule has 3 rings (SSSR count). The molecule has 27 heavy (non-hydrogen) atoms. The Kier molecular flexibility index (Phi) is 5.58. The van der Waals surface area contributed by atoms with E-state index in [-0.39, 0.29) is 41.6 Å². The van der Waals surface area contributed by atoms with Gasteiger partial charge in [-0.15, -0.1) is 0 Å². The van der Waals surface area contributed by atoms with E-state index in [1.165, 1.54) is 0 Å². The molecule has 6 atom stereocenters. The first-order chi connectivity index (χ1) is 12.9. The molecule has 0 aromatic heterocycles. The number of aliphatic hydroxyl groups excluding tert-OH is 3. The average molecular weight is 375 g/mol. The van der Waals surface area contributed by atoms with Crippen LogP contribution in [-0.4, -0.2) is 46.3 Å². The van der Waals surface area contributed by atoms with Crippen LogP contribution in [0.1, 0.15) is 33.1 Å². The zero-order chi connectivity index (χ0) is 19.8. The van der Waals surface area contributed by atoms with Gasteiger partial charge in [0, 0.05) is 17.9 Å². The van der Waals surface area contributed by atoms with Crippen molar-refractivity contribution in [3.05, 3.63) is 35.6 Å². The number of amides is 1. The summed E-state index contributed by atoms with van der Waals surface area (Å²) in [6.07, 6.45) is 10.6. The van der Waals surface area contributed by atoms with E-state index in [9.17, 15) is 24.9 Å². The monoisotopic (exact) mass is 375 g/mol. The Bertz CT molecular complexity index is 709. The summed E-state index contributed by atoms with van der Waals surface area (Å²) in [5, 5.41) is 32.6. The maximum atomic E-state index is 12.6. The van der Waals surface area contributed by atoms with Crippen molar-refractivity contribution in [1.82, 2.24) is 5.32 Å². The van der Waals surface area contributed by atoms with Crippen LogP contribution in [-0.2, 0) is 9.59 Å². The second-order valence-electron chi connectivity index (χ2n) is 8.15. The van der Waals surface area contributed by atoms with Crippen molar-refractivity contribution < 1.29 is 24.9 Å². The largest absolute Gasteiger partial charge is 0.511 e. The molecule has 1 saturated heterocycles. The molecule has 148 valence electrons. The van der Waals surface area contributed by atoms with Crippen LogP contribution < -0.4 is 5.32 Å². The molecule has 0 bridgehead atoms. The summed E-state index contributed by atoms with van der Waals surface area (Å²) >= 11 is 0. The normalized spacial score (nSPS) is 41.0. The molecule has 0 spiro atoms. The van der Waals surface area contributed by atoms with E-state index in [0.29, 0.717) is 0 Å². The van der Waals surface area contributed by atoms with E-state index in [0.717, 1.165) is 19.3 Å². The molecule has 4 N–H and O–H groups in total. The fraction of sp³-hybridized carbons (Fsp3) is 0.619. The minimum atomic E-state index is -0.988. The molecule has 0 aromatic rings. The lowest BCUT2D eigenvalue weighted by Gasteiger charge is -2.50. The van der Waals surface area contributed by atoms with Gasteiger partial charge >= 0.3 is 0 Å². The maximum absolute atomic E-state index is 12.6. The molecule has 0 aromatic carbocycles. The molecule has 6 heteroatoms. The van der Waals surface area contributed by atoms with Gasteiger partial charge in [0.1, 0.15) is 17.4 Å². The quantitative estimate of drug-likeness (QED) is 0.259. The second-order valence-corrected chi connectivity index (χ2v) is 8.15. The number of hydrogen-bond donors (Lipinski definition) is 4. The summed E-state index contributed by atoms with van der Waals surface area (Å²) in [5.74, 6) is -1.00. The predicted octanol–water partition coefficient (Wildman–Crippen LogP) is 1.65. The van der Waals surface area contributed by atoms with Gasteiger partial charge in [0.15, 0.2) is 5.78 Å². The highest BCUT2D eigenvalue weighted by molar-refractivity contribution is 6.27. The highest BCUT2D eigenvalue weighted by atomic mass is 16.3. The van der Waals surface area contributed by atoms with Crippen molar-refractivity contribution >= 4 is 11.7 Å². The summed E-state index contributed by atoms with van der Waals surface area (Å²) in [4.78, 5) is 24.9. The van der Waals surface area contributed by atoms with Gasteiger partial charge < -0.3 is 20.6 Å². The SMILES string of the molecule is CC=C[C@@H]1C=C[C@@H]2C[C@H](CO)CC[C@H]2[C@]1(C)C(O)=C1C(=O)N[C@@H](CO)C1=O. The van der Waals surface area contributed by atoms with Gasteiger partial charge in [0.25, 0.3) is 5.91 Å². The van der Waals surface area contributed by atoms with Crippen LogP contribution in [0.2, 0.25) is 0 Å². The van der Waals surface area contributed by atoms with Crippen LogP contribution >= 0.6 is 0 Å². The Hall–Kier alpha value is -1.92. The second kappa shape index (κ2) is 7.60. The van der Waals surface area contributed by atoms with Gasteiger partial charge in [0.05, 0.1) is 6.61 Å². The molecule has 2 aliphatic carbocycles. The minimum Gasteiger partial charge on any atom is -0.511 e. The number of ketones is 1. The third-order valence-corrected chi connectivity index (χ3v) is 6.72. The molecule has 6 nitrogen and oxygen atoms in total. The Morgan fingerprint density at radius 2 is 2.00 bits per heavy atom. The molecule has 1 heterocycles. The molecular weight excluding hydrogens is 346 g/mol. The van der Waals surface area contributed by atoms with Gasteiger partial charge in [-0.2, -0.15) is 0 Å². The van der Waals surface area contributed by atoms with Crippen LogP contribution in [0.25, 0.3) is 0 Å². The number of hydrogen-bond acceptors (Lipinski definition) is 5. The van der Waals surface area contributed by atoms with Crippen molar-refractivity contribution in [2.24, 2.45) is 29.1 Å². The van der Waals surface area contributed by atoms with Gasteiger partial charge in [-0.1, -0.05) is 31.2 Å². The van der Waals surface area contributed by atoms with Crippen molar-refractivity contribution in [1.29, 1.82) is 0 Å². The Morgan fingerprint density at radius 3 is 2.59 bits per heavy atom. The molecule has 1 aliphatic heterocycles. The lowest BCUT2D eigenvalue weighted by Crippen LogP contribution is -2.46. The standard InChI is InChI=1S/C21H29NO5/c1-3-4-14-7-6-13-9-12(10-23)5-8-15(13)21(14,2)19(26)17-18(25)16(11-24)22-20(17)27/h3-4,6-7,12-16,23-24,26H,5,8-11H2,1-2H3,(H,22,27)/t12-,13-,14-,15-,16+,21-/m1/s1. The van der Waals surface area contributed by atoms with Crippen molar-refractivity contribution in [2.45, 2.75) is 39.2 Å². The fourth-order valence-electron chi connectivity index (χ4n) is 5.14. The van der Waals surface area contributed by atoms with Crippen LogP contribution in [0.4, 0.5) is 0 Å². The number of allylic oxidation sites excluding steroid dienone is 5. The Labute approximate surface area is 159 Å². The Balaban J connectivity index is 2.08. The third kappa shape index (κ3) is 3.15. The van der Waals surface area contributed by atoms with Gasteiger partial charge in [0.2, 0.25) is 0 Å². The number of rotatable bonds is 4. The fourth-order valence-corrected chi connectivity index (χ4v) is 5.14. The molecule has 1 amide bonds. The van der Waals surface area contributed by atoms with Gasteiger partial charge in [-0.25, -0.2) is 0 Å². The molecule has 0 radical (unpaired) electrons. The van der Waals surface area contributed by atoms with Crippen LogP contribution in [0, 0.1) is 29.1 Å².